The molecule has 0 aromatic heterocycles. The van der Waals surface area contributed by atoms with E-state index in [9.17, 15) is 13.6 Å². The molecule has 2 aliphatic rings. The molecule has 1 fully saturated rings. The van der Waals surface area contributed by atoms with Crippen LogP contribution in [0.25, 0.3) is 0 Å². The molecule has 3 nitrogen and oxygen atoms in total. The predicted octanol–water partition coefficient (Wildman–Crippen LogP) is 2.59. The van der Waals surface area contributed by atoms with Crippen LogP contribution in [0, 0.1) is 17.0 Å². The summed E-state index contributed by atoms with van der Waals surface area (Å²) >= 11 is 0. The van der Waals surface area contributed by atoms with Crippen LogP contribution in [0.15, 0.2) is 12.1 Å². The highest BCUT2D eigenvalue weighted by atomic mass is 19.1. The number of benzene rings is 1. The van der Waals surface area contributed by atoms with E-state index in [2.05, 4.69) is 5.32 Å². The number of carbonyl (C=O) groups is 1. The third kappa shape index (κ3) is 1.43. The minimum absolute atomic E-state index is 0.0506. The lowest BCUT2D eigenvalue weighted by molar-refractivity contribution is 0.0693. The smallest absolute Gasteiger partial charge is 0.260 e. The maximum absolute atomic E-state index is 13.7. The molecule has 96 valence electrons. The number of amides is 1. The lowest BCUT2D eigenvalue weighted by Gasteiger charge is -2.38. The first-order valence-corrected chi connectivity index (χ1v) is 5.97. The highest BCUT2D eigenvalue weighted by Gasteiger charge is 2.47. The fourth-order valence-corrected chi connectivity index (χ4v) is 2.78. The molecule has 1 amide bonds. The number of hydrogen-bond acceptors (Lipinski definition) is 2. The fraction of sp³-hybridized carbons (Fsp3) is 0.462. The minimum Gasteiger partial charge on any atom is -0.364 e. The Hall–Kier alpha value is -1.65. The van der Waals surface area contributed by atoms with Crippen molar-refractivity contribution in [1.82, 2.24) is 4.90 Å². The molecule has 1 atom stereocenters. The van der Waals surface area contributed by atoms with Crippen LogP contribution in [0.4, 0.5) is 14.5 Å². The Balaban J connectivity index is 2.13. The van der Waals surface area contributed by atoms with Crippen molar-refractivity contribution in [3.8, 4) is 0 Å². The van der Waals surface area contributed by atoms with Crippen molar-refractivity contribution in [3.63, 3.8) is 0 Å². The fourth-order valence-electron chi connectivity index (χ4n) is 2.78. The number of nitrogens with one attached hydrogen (secondary N) is 1. The summed E-state index contributed by atoms with van der Waals surface area (Å²) in [5, 5.41) is 3.09. The second kappa shape index (κ2) is 3.43. The van der Waals surface area contributed by atoms with E-state index in [-0.39, 0.29) is 28.7 Å². The number of anilines is 1. The summed E-state index contributed by atoms with van der Waals surface area (Å²) < 4.78 is 26.9. The predicted molar refractivity (Wildman–Crippen MR) is 63.2 cm³/mol. The molecule has 1 aromatic rings. The van der Waals surface area contributed by atoms with E-state index in [0.717, 1.165) is 12.5 Å². The van der Waals surface area contributed by atoms with Gasteiger partial charge in [0.1, 0.15) is 17.8 Å². The molecule has 1 aromatic carbocycles. The maximum Gasteiger partial charge on any atom is 0.260 e. The summed E-state index contributed by atoms with van der Waals surface area (Å²) in [5.41, 5.74) is 0.106. The molecule has 2 heterocycles. The number of halogens is 2. The average Bonchev–Trinajstić information content (AvgIpc) is 2.54. The number of nitrogens with zero attached hydrogens (tertiary/aromatic N) is 1. The monoisotopic (exact) mass is 252 g/mol. The first-order chi connectivity index (χ1) is 8.40. The number of fused-ring (bicyclic) bond motifs is 2. The topological polar surface area (TPSA) is 32.3 Å². The zero-order valence-electron chi connectivity index (χ0n) is 10.3. The van der Waals surface area contributed by atoms with Gasteiger partial charge in [-0.1, -0.05) is 13.8 Å². The van der Waals surface area contributed by atoms with Crippen LogP contribution in [0.2, 0.25) is 0 Å². The van der Waals surface area contributed by atoms with E-state index >= 15 is 0 Å². The first kappa shape index (κ1) is 11.4. The van der Waals surface area contributed by atoms with Gasteiger partial charge < -0.3 is 10.2 Å². The van der Waals surface area contributed by atoms with E-state index in [1.807, 2.05) is 13.8 Å². The normalized spacial score (nSPS) is 24.6. The van der Waals surface area contributed by atoms with E-state index < -0.39 is 11.6 Å². The maximum atomic E-state index is 13.7. The van der Waals surface area contributed by atoms with Crippen LogP contribution in [-0.2, 0) is 0 Å². The molecular formula is C13H14F2N2O. The summed E-state index contributed by atoms with van der Waals surface area (Å²) in [6.45, 7) is 4.68. The van der Waals surface area contributed by atoms with E-state index in [1.54, 1.807) is 4.90 Å². The highest BCUT2D eigenvalue weighted by Crippen LogP contribution is 2.41. The van der Waals surface area contributed by atoms with Crippen LogP contribution < -0.4 is 5.32 Å². The molecule has 1 N–H and O–H groups in total. The molecule has 0 saturated carbocycles. The van der Waals surface area contributed by atoms with Gasteiger partial charge in [-0.05, 0) is 12.5 Å². The quantitative estimate of drug-likeness (QED) is 0.769. The first-order valence-electron chi connectivity index (χ1n) is 5.97. The Morgan fingerprint density at radius 1 is 1.39 bits per heavy atom. The zero-order valence-corrected chi connectivity index (χ0v) is 10.3. The van der Waals surface area contributed by atoms with Gasteiger partial charge in [0, 0.05) is 18.0 Å². The van der Waals surface area contributed by atoms with Crippen LogP contribution in [0.1, 0.15) is 30.6 Å². The molecular weight excluding hydrogens is 238 g/mol. The zero-order chi connectivity index (χ0) is 13.1. The molecule has 5 heteroatoms. The van der Waals surface area contributed by atoms with Gasteiger partial charge in [0.15, 0.2) is 0 Å². The van der Waals surface area contributed by atoms with Gasteiger partial charge in [-0.15, -0.1) is 0 Å². The van der Waals surface area contributed by atoms with Crippen molar-refractivity contribution < 1.29 is 13.6 Å². The van der Waals surface area contributed by atoms with Gasteiger partial charge in [0.2, 0.25) is 0 Å². The molecule has 1 unspecified atom stereocenters. The summed E-state index contributed by atoms with van der Waals surface area (Å²) in [4.78, 5) is 13.9. The molecule has 0 spiro atoms. The molecule has 18 heavy (non-hydrogen) atoms. The van der Waals surface area contributed by atoms with Crippen LogP contribution >= 0.6 is 0 Å². The van der Waals surface area contributed by atoms with E-state index in [0.29, 0.717) is 6.54 Å². The minimum atomic E-state index is -0.800. The third-order valence-electron chi connectivity index (χ3n) is 3.87. The lowest BCUT2D eigenvalue weighted by atomic mass is 9.88. The highest BCUT2D eigenvalue weighted by molar-refractivity contribution is 6.02. The van der Waals surface area contributed by atoms with Gasteiger partial charge >= 0.3 is 0 Å². The van der Waals surface area contributed by atoms with Crippen LogP contribution in [0.3, 0.4) is 0 Å². The molecule has 0 radical (unpaired) electrons. The molecule has 2 aliphatic heterocycles. The SMILES string of the molecule is CC1(C)CCN2C(=O)c3c(F)cc(F)cc3NC21. The third-order valence-corrected chi connectivity index (χ3v) is 3.87. The summed E-state index contributed by atoms with van der Waals surface area (Å²) in [7, 11) is 0. The van der Waals surface area contributed by atoms with Crippen molar-refractivity contribution >= 4 is 11.6 Å². The van der Waals surface area contributed by atoms with Gasteiger partial charge in [0.05, 0.1) is 11.3 Å². The standard InChI is InChI=1S/C13H14F2N2O/c1-13(2)3-4-17-11(18)10-8(15)5-7(14)6-9(10)16-12(13)17/h5-6,12,16H,3-4H2,1-2H3. The average molecular weight is 252 g/mol. The van der Waals surface area contributed by atoms with Crippen LogP contribution in [0.5, 0.6) is 0 Å². The second-order valence-electron chi connectivity index (χ2n) is 5.59. The van der Waals surface area contributed by atoms with E-state index in [4.69, 9.17) is 0 Å². The largest absolute Gasteiger partial charge is 0.364 e. The van der Waals surface area contributed by atoms with Gasteiger partial charge in [-0.3, -0.25) is 4.79 Å². The second-order valence-corrected chi connectivity index (χ2v) is 5.59. The summed E-state index contributed by atoms with van der Waals surface area (Å²) in [6.07, 6.45) is 0.646. The Morgan fingerprint density at radius 2 is 2.11 bits per heavy atom. The number of hydrogen-bond donors (Lipinski definition) is 1. The number of carbonyl (C=O) groups excluding carboxylic acids is 1. The van der Waals surface area contributed by atoms with Crippen molar-refractivity contribution in [2.24, 2.45) is 5.41 Å². The van der Waals surface area contributed by atoms with Gasteiger partial charge in [0.25, 0.3) is 5.91 Å². The summed E-state index contributed by atoms with van der Waals surface area (Å²) in [5.74, 6) is -1.82. The molecule has 1 saturated heterocycles. The van der Waals surface area contributed by atoms with Crippen molar-refractivity contribution in [3.05, 3.63) is 29.3 Å². The van der Waals surface area contributed by atoms with Crippen molar-refractivity contribution in [1.29, 1.82) is 0 Å². The summed E-state index contributed by atoms with van der Waals surface area (Å²) in [6, 6.07) is 1.93. The Kier molecular flexibility index (Phi) is 2.18. The number of rotatable bonds is 0. The Labute approximate surface area is 104 Å². The van der Waals surface area contributed by atoms with E-state index in [1.165, 1.54) is 6.07 Å². The molecule has 0 aliphatic carbocycles. The molecule has 3 rings (SSSR count). The Morgan fingerprint density at radius 3 is 2.83 bits per heavy atom. The molecule has 0 bridgehead atoms. The lowest BCUT2D eigenvalue weighted by Crippen LogP contribution is -2.49. The van der Waals surface area contributed by atoms with Crippen molar-refractivity contribution in [2.45, 2.75) is 26.4 Å². The van der Waals surface area contributed by atoms with Crippen molar-refractivity contribution in [2.75, 3.05) is 11.9 Å². The van der Waals surface area contributed by atoms with Gasteiger partial charge in [-0.25, -0.2) is 8.78 Å². The Bertz CT molecular complexity index is 542. The van der Waals surface area contributed by atoms with Gasteiger partial charge in [-0.2, -0.15) is 0 Å². The van der Waals surface area contributed by atoms with Crippen LogP contribution in [-0.4, -0.2) is 23.5 Å².